The molecule has 1 aromatic carbocycles. The summed E-state index contributed by atoms with van der Waals surface area (Å²) in [5, 5.41) is 0. The quantitative estimate of drug-likeness (QED) is 0.660. The van der Waals surface area contributed by atoms with E-state index in [4.69, 9.17) is 5.73 Å². The SMILES string of the molecule is Cc1ccc(C([NH-])=O)cc1.[V]. The standard InChI is InChI=1S/C8H9NO.V/c1-6-2-4-7(5-3-6)8(9)10;/h2-5H,1H3,(H2,9,10);/p-1. The van der Waals surface area contributed by atoms with Crippen molar-refractivity contribution in [3.05, 3.63) is 41.1 Å². The Morgan fingerprint density at radius 3 is 2.09 bits per heavy atom. The van der Waals surface area contributed by atoms with Gasteiger partial charge in [-0.05, 0) is 12.5 Å². The minimum Gasteiger partial charge on any atom is -0.664 e. The Labute approximate surface area is 77.7 Å². The topological polar surface area (TPSA) is 40.9 Å². The third-order valence-electron chi connectivity index (χ3n) is 1.31. The number of carbonyl (C=O) groups excluding carboxylic acids is 1. The van der Waals surface area contributed by atoms with Crippen molar-refractivity contribution >= 4 is 5.91 Å². The van der Waals surface area contributed by atoms with Gasteiger partial charge in [0, 0.05) is 18.6 Å². The fourth-order valence-corrected chi connectivity index (χ4v) is 0.705. The number of hydrogen-bond acceptors (Lipinski definition) is 1. The summed E-state index contributed by atoms with van der Waals surface area (Å²) in [7, 11) is 0. The summed E-state index contributed by atoms with van der Waals surface area (Å²) in [6.07, 6.45) is 0. The maximum absolute atomic E-state index is 10.4. The van der Waals surface area contributed by atoms with Gasteiger partial charge in [0.05, 0.1) is 5.91 Å². The summed E-state index contributed by atoms with van der Waals surface area (Å²) in [6, 6.07) is 6.96. The average Bonchev–Trinajstić information content (AvgIpc) is 1.88. The molecule has 1 N–H and O–H groups in total. The first-order valence-electron chi connectivity index (χ1n) is 3.03. The zero-order valence-corrected chi connectivity index (χ0v) is 7.56. The van der Waals surface area contributed by atoms with Gasteiger partial charge in [0.15, 0.2) is 0 Å². The van der Waals surface area contributed by atoms with Crippen molar-refractivity contribution in [2.24, 2.45) is 0 Å². The number of rotatable bonds is 1. The van der Waals surface area contributed by atoms with Crippen LogP contribution in [0.4, 0.5) is 0 Å². The molecule has 57 valence electrons. The molecule has 0 atom stereocenters. The average molecular weight is 185 g/mol. The third-order valence-corrected chi connectivity index (χ3v) is 1.31. The second-order valence-electron chi connectivity index (χ2n) is 2.20. The minimum atomic E-state index is -0.625. The maximum atomic E-state index is 10.4. The van der Waals surface area contributed by atoms with Crippen molar-refractivity contribution in [2.75, 3.05) is 0 Å². The monoisotopic (exact) mass is 185 g/mol. The van der Waals surface area contributed by atoms with Crippen molar-refractivity contribution in [1.29, 1.82) is 0 Å². The van der Waals surface area contributed by atoms with Crippen LogP contribution in [0, 0.1) is 6.92 Å². The zero-order valence-electron chi connectivity index (χ0n) is 6.16. The van der Waals surface area contributed by atoms with Crippen LogP contribution in [-0.4, -0.2) is 5.91 Å². The van der Waals surface area contributed by atoms with Gasteiger partial charge in [-0.15, -0.1) is 0 Å². The van der Waals surface area contributed by atoms with Gasteiger partial charge in [-0.1, -0.05) is 29.8 Å². The van der Waals surface area contributed by atoms with Gasteiger partial charge >= 0.3 is 0 Å². The van der Waals surface area contributed by atoms with Gasteiger partial charge in [-0.3, -0.25) is 0 Å². The first kappa shape index (κ1) is 10.3. The van der Waals surface area contributed by atoms with Crippen LogP contribution in [0.1, 0.15) is 15.9 Å². The van der Waals surface area contributed by atoms with E-state index in [0.29, 0.717) is 5.56 Å². The molecular weight excluding hydrogens is 177 g/mol. The van der Waals surface area contributed by atoms with E-state index in [1.54, 1.807) is 12.1 Å². The normalized spacial score (nSPS) is 8.45. The molecule has 0 aliphatic rings. The Bertz CT molecular complexity index is 243. The van der Waals surface area contributed by atoms with Crippen LogP contribution in [0.2, 0.25) is 0 Å². The predicted molar refractivity (Wildman–Crippen MR) is 39.8 cm³/mol. The minimum absolute atomic E-state index is 0. The molecule has 2 nitrogen and oxygen atoms in total. The van der Waals surface area contributed by atoms with Gasteiger partial charge in [-0.25, -0.2) is 0 Å². The van der Waals surface area contributed by atoms with Crippen LogP contribution in [0.25, 0.3) is 5.73 Å². The molecule has 1 amide bonds. The van der Waals surface area contributed by atoms with E-state index in [2.05, 4.69) is 0 Å². The summed E-state index contributed by atoms with van der Waals surface area (Å²) in [5.41, 5.74) is 8.30. The van der Waals surface area contributed by atoms with E-state index in [1.807, 2.05) is 19.1 Å². The molecule has 0 bridgehead atoms. The van der Waals surface area contributed by atoms with Crippen LogP contribution in [0.5, 0.6) is 0 Å². The molecule has 11 heavy (non-hydrogen) atoms. The molecule has 0 saturated carbocycles. The molecule has 0 spiro atoms. The number of nitrogens with one attached hydrogen (secondary N) is 1. The van der Waals surface area contributed by atoms with Gasteiger partial charge < -0.3 is 10.5 Å². The number of carbonyl (C=O) groups is 1. The molecule has 0 saturated heterocycles. The van der Waals surface area contributed by atoms with Crippen molar-refractivity contribution in [3.63, 3.8) is 0 Å². The van der Waals surface area contributed by atoms with E-state index in [0.717, 1.165) is 5.56 Å². The largest absolute Gasteiger partial charge is 0.664 e. The zero-order chi connectivity index (χ0) is 7.56. The van der Waals surface area contributed by atoms with E-state index in [-0.39, 0.29) is 18.6 Å². The Hall–Kier alpha value is -0.726. The van der Waals surface area contributed by atoms with E-state index in [1.165, 1.54) is 0 Å². The van der Waals surface area contributed by atoms with Crippen LogP contribution >= 0.6 is 0 Å². The van der Waals surface area contributed by atoms with Crippen LogP contribution in [0.3, 0.4) is 0 Å². The molecule has 0 aliphatic heterocycles. The molecule has 0 unspecified atom stereocenters. The van der Waals surface area contributed by atoms with Gasteiger partial charge in [0.1, 0.15) is 0 Å². The van der Waals surface area contributed by atoms with Crippen molar-refractivity contribution in [3.8, 4) is 0 Å². The summed E-state index contributed by atoms with van der Waals surface area (Å²) in [4.78, 5) is 10.4. The summed E-state index contributed by atoms with van der Waals surface area (Å²) < 4.78 is 0. The van der Waals surface area contributed by atoms with Crippen molar-refractivity contribution in [2.45, 2.75) is 6.92 Å². The smallest absolute Gasteiger partial charge is 0.0796 e. The molecule has 0 fully saturated rings. The summed E-state index contributed by atoms with van der Waals surface area (Å²) in [5.74, 6) is -0.625. The molecule has 1 radical (unpaired) electrons. The Kier molecular flexibility index (Phi) is 3.94. The number of aryl methyl sites for hydroxylation is 1. The Morgan fingerprint density at radius 1 is 1.27 bits per heavy atom. The molecule has 0 aromatic heterocycles. The summed E-state index contributed by atoms with van der Waals surface area (Å²) in [6.45, 7) is 1.94. The van der Waals surface area contributed by atoms with E-state index < -0.39 is 5.91 Å². The van der Waals surface area contributed by atoms with E-state index >= 15 is 0 Å². The summed E-state index contributed by atoms with van der Waals surface area (Å²) >= 11 is 0. The van der Waals surface area contributed by atoms with Gasteiger partial charge in [0.2, 0.25) is 0 Å². The van der Waals surface area contributed by atoms with Crippen molar-refractivity contribution < 1.29 is 23.4 Å². The fraction of sp³-hybridized carbons (Fsp3) is 0.125. The number of hydrogen-bond donors (Lipinski definition) is 0. The second kappa shape index (κ2) is 4.21. The first-order chi connectivity index (χ1) is 4.70. The van der Waals surface area contributed by atoms with Crippen LogP contribution < -0.4 is 0 Å². The van der Waals surface area contributed by atoms with Crippen molar-refractivity contribution in [1.82, 2.24) is 0 Å². The number of amides is 1. The predicted octanol–water partition coefficient (Wildman–Crippen LogP) is 2.18. The Balaban J connectivity index is 0.000001000. The maximum Gasteiger partial charge on any atom is 0.0796 e. The second-order valence-corrected chi connectivity index (χ2v) is 2.20. The molecule has 3 heteroatoms. The Morgan fingerprint density at radius 2 is 1.73 bits per heavy atom. The molecular formula is C8H8NOV-. The third kappa shape index (κ3) is 2.79. The number of benzene rings is 1. The van der Waals surface area contributed by atoms with Crippen LogP contribution in [-0.2, 0) is 18.6 Å². The molecule has 1 aromatic rings. The van der Waals surface area contributed by atoms with Crippen LogP contribution in [0.15, 0.2) is 24.3 Å². The van der Waals surface area contributed by atoms with E-state index in [9.17, 15) is 4.79 Å². The molecule has 0 aliphatic carbocycles. The first-order valence-corrected chi connectivity index (χ1v) is 3.03. The molecule has 0 heterocycles. The molecule has 1 rings (SSSR count). The van der Waals surface area contributed by atoms with Gasteiger partial charge in [0.25, 0.3) is 0 Å². The van der Waals surface area contributed by atoms with Gasteiger partial charge in [-0.2, -0.15) is 0 Å². The fourth-order valence-electron chi connectivity index (χ4n) is 0.705.